The third-order valence-electron chi connectivity index (χ3n) is 1.91. The Balaban J connectivity index is 2.31. The highest BCUT2D eigenvalue weighted by atomic mass is 16.6. The number of nitrogens with zero attached hydrogens (tertiary/aromatic N) is 1. The van der Waals surface area contributed by atoms with E-state index in [9.17, 15) is 0 Å². The molecule has 0 aliphatic carbocycles. The molecule has 0 amide bonds. The van der Waals surface area contributed by atoms with E-state index in [1.54, 1.807) is 0 Å². The van der Waals surface area contributed by atoms with E-state index in [1.807, 2.05) is 44.2 Å². The molecule has 0 atom stereocenters. The van der Waals surface area contributed by atoms with Crippen LogP contribution in [0.4, 0.5) is 0 Å². The lowest BCUT2D eigenvalue weighted by Gasteiger charge is -2.10. The van der Waals surface area contributed by atoms with E-state index in [0.717, 1.165) is 18.7 Å². The Hall–Kier alpha value is -1.55. The first-order valence-electron chi connectivity index (χ1n) is 5.56. The van der Waals surface area contributed by atoms with Crippen molar-refractivity contribution in [1.82, 2.24) is 10.8 Å². The highest BCUT2D eigenvalue weighted by molar-refractivity contribution is 5.78. The van der Waals surface area contributed by atoms with Gasteiger partial charge in [-0.05, 0) is 19.4 Å². The fourth-order valence-electron chi connectivity index (χ4n) is 1.21. The highest BCUT2D eigenvalue weighted by Crippen LogP contribution is 1.98. The van der Waals surface area contributed by atoms with Crippen molar-refractivity contribution < 1.29 is 4.84 Å². The van der Waals surface area contributed by atoms with Crippen molar-refractivity contribution in [1.29, 1.82) is 0 Å². The van der Waals surface area contributed by atoms with Crippen molar-refractivity contribution in [2.75, 3.05) is 13.1 Å². The maximum absolute atomic E-state index is 5.34. The Kier molecular flexibility index (Phi) is 6.03. The fourth-order valence-corrected chi connectivity index (χ4v) is 1.21. The lowest BCUT2D eigenvalue weighted by atomic mass is 10.2. The molecule has 2 N–H and O–H groups in total. The smallest absolute Gasteiger partial charge is 0.215 e. The summed E-state index contributed by atoms with van der Waals surface area (Å²) in [7, 11) is 0. The van der Waals surface area contributed by atoms with Crippen LogP contribution in [0, 0.1) is 0 Å². The van der Waals surface area contributed by atoms with Crippen molar-refractivity contribution in [2.45, 2.75) is 20.5 Å². The first-order chi connectivity index (χ1) is 7.86. The molecule has 1 rings (SSSR count). The van der Waals surface area contributed by atoms with Crippen molar-refractivity contribution in [2.24, 2.45) is 4.99 Å². The zero-order valence-corrected chi connectivity index (χ0v) is 9.86. The molecule has 1 aromatic carbocycles. The zero-order chi connectivity index (χ0) is 11.6. The molecule has 0 aliphatic rings. The van der Waals surface area contributed by atoms with Crippen molar-refractivity contribution in [3.63, 3.8) is 0 Å². The first-order valence-corrected chi connectivity index (χ1v) is 5.56. The fraction of sp³-hybridized carbons (Fsp3) is 0.417. The van der Waals surface area contributed by atoms with Gasteiger partial charge in [-0.1, -0.05) is 30.3 Å². The quantitative estimate of drug-likeness (QED) is 0.452. The van der Waals surface area contributed by atoms with E-state index in [4.69, 9.17) is 4.84 Å². The molecule has 88 valence electrons. The summed E-state index contributed by atoms with van der Waals surface area (Å²) in [6.07, 6.45) is 0. The second kappa shape index (κ2) is 7.70. The second-order valence-electron chi connectivity index (χ2n) is 3.23. The molecule has 0 bridgehead atoms. The van der Waals surface area contributed by atoms with Gasteiger partial charge in [-0.25, -0.2) is 5.48 Å². The summed E-state index contributed by atoms with van der Waals surface area (Å²) in [5, 5.41) is 3.08. The van der Waals surface area contributed by atoms with Crippen LogP contribution >= 0.6 is 0 Å². The number of hydrogen-bond donors (Lipinski definition) is 2. The van der Waals surface area contributed by atoms with Gasteiger partial charge in [0.2, 0.25) is 5.96 Å². The topological polar surface area (TPSA) is 45.7 Å². The van der Waals surface area contributed by atoms with Crippen LogP contribution in [0.25, 0.3) is 0 Å². The summed E-state index contributed by atoms with van der Waals surface area (Å²) < 4.78 is 0. The molecule has 4 heteroatoms. The molecule has 0 saturated carbocycles. The molecular formula is C12H19N3O. The van der Waals surface area contributed by atoms with Gasteiger partial charge in [0.1, 0.15) is 0 Å². The Morgan fingerprint density at radius 3 is 2.62 bits per heavy atom. The van der Waals surface area contributed by atoms with Gasteiger partial charge in [0.15, 0.2) is 0 Å². The average Bonchev–Trinajstić information content (AvgIpc) is 2.31. The predicted molar refractivity (Wildman–Crippen MR) is 66.0 cm³/mol. The van der Waals surface area contributed by atoms with Gasteiger partial charge in [-0.2, -0.15) is 0 Å². The van der Waals surface area contributed by atoms with E-state index in [0.29, 0.717) is 12.6 Å². The maximum atomic E-state index is 5.34. The van der Waals surface area contributed by atoms with Crippen molar-refractivity contribution in [3.8, 4) is 0 Å². The monoisotopic (exact) mass is 221 g/mol. The minimum atomic E-state index is 0.523. The van der Waals surface area contributed by atoms with E-state index in [-0.39, 0.29) is 0 Å². The van der Waals surface area contributed by atoms with Crippen LogP contribution in [0.3, 0.4) is 0 Å². The molecule has 16 heavy (non-hydrogen) atoms. The zero-order valence-electron chi connectivity index (χ0n) is 9.86. The Labute approximate surface area is 96.7 Å². The molecule has 1 aromatic rings. The maximum Gasteiger partial charge on any atom is 0.215 e. The van der Waals surface area contributed by atoms with Gasteiger partial charge in [-0.3, -0.25) is 9.83 Å². The summed E-state index contributed by atoms with van der Waals surface area (Å²) in [6, 6.07) is 10.0. The lowest BCUT2D eigenvalue weighted by Crippen LogP contribution is -2.37. The second-order valence-corrected chi connectivity index (χ2v) is 3.23. The number of nitrogens with one attached hydrogen (secondary N) is 2. The predicted octanol–water partition coefficient (Wildman–Crippen LogP) is 1.69. The molecule has 0 unspecified atom stereocenters. The van der Waals surface area contributed by atoms with Crippen LogP contribution in [-0.4, -0.2) is 19.0 Å². The van der Waals surface area contributed by atoms with Crippen LogP contribution in [0.2, 0.25) is 0 Å². The number of rotatable bonds is 5. The van der Waals surface area contributed by atoms with Crippen LogP contribution in [0.5, 0.6) is 0 Å². The Bertz CT molecular complexity index is 311. The summed E-state index contributed by atoms with van der Waals surface area (Å²) in [6.45, 7) is 6.07. The summed E-state index contributed by atoms with van der Waals surface area (Å²) in [5.74, 6) is 0.681. The van der Waals surface area contributed by atoms with E-state index in [1.165, 1.54) is 0 Å². The van der Waals surface area contributed by atoms with Crippen LogP contribution in [0.15, 0.2) is 35.3 Å². The standard InChI is InChI=1S/C12H19N3O/c1-3-13-12(14-4-2)15-16-10-11-8-6-5-7-9-11/h5-9H,3-4,10H2,1-2H3,(H2,13,14,15). The molecule has 0 aromatic heterocycles. The third kappa shape index (κ3) is 4.79. The van der Waals surface area contributed by atoms with Crippen molar-refractivity contribution >= 4 is 5.96 Å². The Morgan fingerprint density at radius 2 is 2.00 bits per heavy atom. The van der Waals surface area contributed by atoms with Gasteiger partial charge in [-0.15, -0.1) is 0 Å². The SMILES string of the molecule is CCN=C(NCC)NOCc1ccccc1. The van der Waals surface area contributed by atoms with Crippen LogP contribution in [-0.2, 0) is 11.4 Å². The molecule has 0 spiro atoms. The molecule has 0 radical (unpaired) electrons. The number of hydrogen-bond acceptors (Lipinski definition) is 2. The number of guanidine groups is 1. The minimum Gasteiger partial charge on any atom is -0.355 e. The van der Waals surface area contributed by atoms with E-state index >= 15 is 0 Å². The normalized spacial score (nSPS) is 11.2. The van der Waals surface area contributed by atoms with Gasteiger partial charge in [0.25, 0.3) is 0 Å². The summed E-state index contributed by atoms with van der Waals surface area (Å²) in [5.41, 5.74) is 3.94. The van der Waals surface area contributed by atoms with E-state index < -0.39 is 0 Å². The largest absolute Gasteiger partial charge is 0.355 e. The molecule has 4 nitrogen and oxygen atoms in total. The molecule has 0 fully saturated rings. The number of benzene rings is 1. The van der Waals surface area contributed by atoms with Gasteiger partial charge >= 0.3 is 0 Å². The lowest BCUT2D eigenvalue weighted by molar-refractivity contribution is 0.0686. The van der Waals surface area contributed by atoms with E-state index in [2.05, 4.69) is 15.8 Å². The summed E-state index contributed by atoms with van der Waals surface area (Å²) >= 11 is 0. The van der Waals surface area contributed by atoms with Gasteiger partial charge in [0.05, 0.1) is 6.61 Å². The Morgan fingerprint density at radius 1 is 1.25 bits per heavy atom. The average molecular weight is 221 g/mol. The molecular weight excluding hydrogens is 202 g/mol. The number of aliphatic imine (C=N–C) groups is 1. The van der Waals surface area contributed by atoms with Crippen LogP contribution in [0.1, 0.15) is 19.4 Å². The molecule has 0 aliphatic heterocycles. The minimum absolute atomic E-state index is 0.523. The highest BCUT2D eigenvalue weighted by Gasteiger charge is 1.96. The number of hydroxylamine groups is 1. The van der Waals surface area contributed by atoms with Crippen molar-refractivity contribution in [3.05, 3.63) is 35.9 Å². The summed E-state index contributed by atoms with van der Waals surface area (Å²) in [4.78, 5) is 9.56. The van der Waals surface area contributed by atoms with Crippen LogP contribution < -0.4 is 10.8 Å². The third-order valence-corrected chi connectivity index (χ3v) is 1.91. The molecule has 0 saturated heterocycles. The van der Waals surface area contributed by atoms with Gasteiger partial charge < -0.3 is 5.32 Å². The van der Waals surface area contributed by atoms with Gasteiger partial charge in [0, 0.05) is 13.1 Å². The first kappa shape index (κ1) is 12.5. The molecule has 0 heterocycles.